The molecule has 6 heteroatoms. The molecular formula is C25H30N2O4. The van der Waals surface area contributed by atoms with Crippen molar-refractivity contribution >= 4 is 17.7 Å². The summed E-state index contributed by atoms with van der Waals surface area (Å²) in [5.74, 6) is -0.758. The molecule has 0 unspecified atom stereocenters. The molecule has 2 N–H and O–H groups in total. The minimum Gasteiger partial charge on any atom is -0.393 e. The van der Waals surface area contributed by atoms with Gasteiger partial charge in [-0.3, -0.25) is 19.3 Å². The zero-order valence-electron chi connectivity index (χ0n) is 18.4. The van der Waals surface area contributed by atoms with Crippen LogP contribution >= 0.6 is 0 Å². The second-order valence-electron chi connectivity index (χ2n) is 8.68. The van der Waals surface area contributed by atoms with Crippen LogP contribution in [0.3, 0.4) is 0 Å². The van der Waals surface area contributed by atoms with Gasteiger partial charge in [0.1, 0.15) is 0 Å². The molecule has 0 radical (unpaired) electrons. The number of carbonyl (C=O) groups is 3. The predicted octanol–water partition coefficient (Wildman–Crippen LogP) is 3.12. The summed E-state index contributed by atoms with van der Waals surface area (Å²) in [5, 5.41) is 13.2. The third kappa shape index (κ3) is 5.20. The van der Waals surface area contributed by atoms with E-state index in [9.17, 15) is 19.5 Å². The van der Waals surface area contributed by atoms with Crippen LogP contribution < -0.4 is 5.32 Å². The standard InChI is InChI=1S/C25H30N2O4/c1-17-11-12-20-21(14-17)24(31)27(23(20)30)13-7-10-22(29)26-16-25(3,18(2)28)15-19-8-5-4-6-9-19/h4-6,8-9,11-12,14,18,28H,7,10,13,15-16H2,1-3H3,(H,26,29)/t18-,25+/m0/s1. The summed E-state index contributed by atoms with van der Waals surface area (Å²) in [7, 11) is 0. The molecule has 31 heavy (non-hydrogen) atoms. The second kappa shape index (κ2) is 9.43. The van der Waals surface area contributed by atoms with Crippen LogP contribution in [-0.4, -0.2) is 46.9 Å². The number of aliphatic hydroxyl groups is 1. The molecule has 3 amide bonds. The molecule has 0 aromatic heterocycles. The molecule has 2 aromatic carbocycles. The quantitative estimate of drug-likeness (QED) is 0.608. The average Bonchev–Trinajstić information content (AvgIpc) is 2.97. The SMILES string of the molecule is Cc1ccc2c(c1)C(=O)N(CCCC(=O)NC[C@@](C)(Cc1ccccc1)[C@H](C)O)C2=O. The Kier molecular flexibility index (Phi) is 6.91. The molecule has 2 aromatic rings. The molecule has 1 heterocycles. The van der Waals surface area contributed by atoms with Gasteiger partial charge < -0.3 is 10.4 Å². The summed E-state index contributed by atoms with van der Waals surface area (Å²) in [6, 6.07) is 15.1. The van der Waals surface area contributed by atoms with E-state index in [1.54, 1.807) is 19.1 Å². The van der Waals surface area contributed by atoms with Gasteiger partial charge in [0.05, 0.1) is 17.2 Å². The fourth-order valence-electron chi connectivity index (χ4n) is 3.81. The summed E-state index contributed by atoms with van der Waals surface area (Å²) in [5.41, 5.74) is 2.38. The molecule has 3 rings (SSSR count). The smallest absolute Gasteiger partial charge is 0.261 e. The van der Waals surface area contributed by atoms with Crippen LogP contribution in [0.4, 0.5) is 0 Å². The highest BCUT2D eigenvalue weighted by Gasteiger charge is 2.35. The van der Waals surface area contributed by atoms with E-state index in [1.165, 1.54) is 4.90 Å². The fraction of sp³-hybridized carbons (Fsp3) is 0.400. The maximum Gasteiger partial charge on any atom is 0.261 e. The number of nitrogens with one attached hydrogen (secondary N) is 1. The predicted molar refractivity (Wildman–Crippen MR) is 119 cm³/mol. The van der Waals surface area contributed by atoms with Gasteiger partial charge in [0.25, 0.3) is 11.8 Å². The number of carbonyl (C=O) groups excluding carboxylic acids is 3. The minimum absolute atomic E-state index is 0.160. The first-order valence-corrected chi connectivity index (χ1v) is 10.7. The number of imide groups is 1. The maximum absolute atomic E-state index is 12.5. The number of hydrogen-bond donors (Lipinski definition) is 2. The number of aliphatic hydroxyl groups excluding tert-OH is 1. The topological polar surface area (TPSA) is 86.7 Å². The van der Waals surface area contributed by atoms with Gasteiger partial charge in [-0.15, -0.1) is 0 Å². The molecule has 0 fully saturated rings. The lowest BCUT2D eigenvalue weighted by molar-refractivity contribution is -0.122. The number of fused-ring (bicyclic) bond motifs is 1. The summed E-state index contributed by atoms with van der Waals surface area (Å²) >= 11 is 0. The number of rotatable bonds is 9. The average molecular weight is 423 g/mol. The van der Waals surface area contributed by atoms with E-state index in [-0.39, 0.29) is 30.7 Å². The Labute approximate surface area is 183 Å². The Morgan fingerprint density at radius 3 is 2.45 bits per heavy atom. The molecule has 0 saturated carbocycles. The first kappa shape index (κ1) is 22.7. The third-order valence-corrected chi connectivity index (χ3v) is 6.06. The van der Waals surface area contributed by atoms with Crippen molar-refractivity contribution < 1.29 is 19.5 Å². The fourth-order valence-corrected chi connectivity index (χ4v) is 3.81. The monoisotopic (exact) mass is 422 g/mol. The molecule has 0 bridgehead atoms. The van der Waals surface area contributed by atoms with Crippen molar-refractivity contribution in [1.82, 2.24) is 10.2 Å². The number of nitrogens with zero attached hydrogens (tertiary/aromatic N) is 1. The molecule has 2 atom stereocenters. The van der Waals surface area contributed by atoms with E-state index in [1.807, 2.05) is 50.2 Å². The van der Waals surface area contributed by atoms with Crippen molar-refractivity contribution in [3.8, 4) is 0 Å². The number of hydrogen-bond acceptors (Lipinski definition) is 4. The van der Waals surface area contributed by atoms with Crippen LogP contribution in [0.2, 0.25) is 0 Å². The number of benzene rings is 2. The van der Waals surface area contributed by atoms with Crippen molar-refractivity contribution in [2.45, 2.75) is 46.1 Å². The van der Waals surface area contributed by atoms with Crippen LogP contribution in [0.1, 0.15) is 58.5 Å². The molecule has 164 valence electrons. The van der Waals surface area contributed by atoms with E-state index in [4.69, 9.17) is 0 Å². The Morgan fingerprint density at radius 1 is 1.10 bits per heavy atom. The third-order valence-electron chi connectivity index (χ3n) is 6.06. The summed E-state index contributed by atoms with van der Waals surface area (Å²) in [6.45, 7) is 6.11. The van der Waals surface area contributed by atoms with E-state index in [0.717, 1.165) is 11.1 Å². The van der Waals surface area contributed by atoms with Crippen molar-refractivity contribution in [1.29, 1.82) is 0 Å². The van der Waals surface area contributed by atoms with Crippen LogP contribution in [0.5, 0.6) is 0 Å². The highest BCUT2D eigenvalue weighted by molar-refractivity contribution is 6.21. The summed E-state index contributed by atoms with van der Waals surface area (Å²) in [4.78, 5) is 38.6. The maximum atomic E-state index is 12.5. The van der Waals surface area contributed by atoms with Crippen LogP contribution in [0.15, 0.2) is 48.5 Å². The van der Waals surface area contributed by atoms with E-state index in [2.05, 4.69) is 5.32 Å². The molecular weight excluding hydrogens is 392 g/mol. The first-order chi connectivity index (χ1) is 14.7. The van der Waals surface area contributed by atoms with Crippen molar-refractivity contribution in [3.63, 3.8) is 0 Å². The Hall–Kier alpha value is -2.99. The van der Waals surface area contributed by atoms with Gasteiger partial charge in [-0.05, 0) is 44.4 Å². The van der Waals surface area contributed by atoms with Gasteiger partial charge in [-0.25, -0.2) is 0 Å². The zero-order valence-corrected chi connectivity index (χ0v) is 18.4. The van der Waals surface area contributed by atoms with Crippen molar-refractivity contribution in [2.24, 2.45) is 5.41 Å². The van der Waals surface area contributed by atoms with Gasteiger partial charge in [-0.1, -0.05) is 48.9 Å². The molecule has 0 aliphatic carbocycles. The Balaban J connectivity index is 1.50. The lowest BCUT2D eigenvalue weighted by Gasteiger charge is -2.33. The molecule has 0 spiro atoms. The zero-order chi connectivity index (χ0) is 22.6. The normalized spacial score (nSPS) is 16.1. The largest absolute Gasteiger partial charge is 0.393 e. The van der Waals surface area contributed by atoms with Crippen molar-refractivity contribution in [2.75, 3.05) is 13.1 Å². The van der Waals surface area contributed by atoms with Gasteiger partial charge >= 0.3 is 0 Å². The second-order valence-corrected chi connectivity index (χ2v) is 8.68. The Morgan fingerprint density at radius 2 is 1.77 bits per heavy atom. The van der Waals surface area contributed by atoms with Crippen LogP contribution in [0.25, 0.3) is 0 Å². The lowest BCUT2D eigenvalue weighted by Crippen LogP contribution is -2.44. The lowest BCUT2D eigenvalue weighted by atomic mass is 9.79. The van der Waals surface area contributed by atoms with Gasteiger partial charge in [0.2, 0.25) is 5.91 Å². The molecule has 0 saturated heterocycles. The minimum atomic E-state index is -0.602. The molecule has 6 nitrogen and oxygen atoms in total. The first-order valence-electron chi connectivity index (χ1n) is 10.7. The Bertz CT molecular complexity index is 971. The van der Waals surface area contributed by atoms with Gasteiger partial charge in [-0.2, -0.15) is 0 Å². The summed E-state index contributed by atoms with van der Waals surface area (Å²) in [6.07, 6.45) is 0.628. The van der Waals surface area contributed by atoms with Crippen molar-refractivity contribution in [3.05, 3.63) is 70.8 Å². The molecule has 1 aliphatic rings. The summed E-state index contributed by atoms with van der Waals surface area (Å²) < 4.78 is 0. The highest BCUT2D eigenvalue weighted by Crippen LogP contribution is 2.27. The van der Waals surface area contributed by atoms with Gasteiger partial charge in [0, 0.05) is 24.9 Å². The highest BCUT2D eigenvalue weighted by atomic mass is 16.3. The van der Waals surface area contributed by atoms with Crippen LogP contribution in [-0.2, 0) is 11.2 Å². The molecule has 1 aliphatic heterocycles. The van der Waals surface area contributed by atoms with Gasteiger partial charge in [0.15, 0.2) is 0 Å². The number of amides is 3. The number of aryl methyl sites for hydroxylation is 1. The van der Waals surface area contributed by atoms with Crippen LogP contribution in [0, 0.1) is 12.3 Å². The van der Waals surface area contributed by atoms with E-state index >= 15 is 0 Å². The van der Waals surface area contributed by atoms with E-state index in [0.29, 0.717) is 30.5 Å². The van der Waals surface area contributed by atoms with E-state index < -0.39 is 11.5 Å².